The molecule has 0 unspecified atom stereocenters. The fraction of sp³-hybridized carbons (Fsp3) is 0.480. The Hall–Kier alpha value is -3.09. The van der Waals surface area contributed by atoms with E-state index in [1.54, 1.807) is 18.2 Å². The quantitative estimate of drug-likeness (QED) is 0.709. The average molecular weight is 438 g/mol. The van der Waals surface area contributed by atoms with Crippen LogP contribution in [-0.4, -0.2) is 47.4 Å². The molecule has 32 heavy (non-hydrogen) atoms. The zero-order valence-corrected chi connectivity index (χ0v) is 18.6. The number of rotatable bonds is 5. The minimum atomic E-state index is -0.347. The predicted octanol–water partition coefficient (Wildman–Crippen LogP) is 4.27. The van der Waals surface area contributed by atoms with E-state index in [0.29, 0.717) is 30.0 Å². The van der Waals surface area contributed by atoms with Crippen molar-refractivity contribution in [3.63, 3.8) is 0 Å². The van der Waals surface area contributed by atoms with Crippen LogP contribution in [0.4, 0.5) is 5.69 Å². The minimum absolute atomic E-state index is 0.0297. The third-order valence-corrected chi connectivity index (χ3v) is 6.67. The Morgan fingerprint density at radius 3 is 2.44 bits per heavy atom. The van der Waals surface area contributed by atoms with Gasteiger partial charge in [0.1, 0.15) is 5.69 Å². The Kier molecular flexibility index (Phi) is 6.93. The smallest absolute Gasteiger partial charge is 0.354 e. The van der Waals surface area contributed by atoms with E-state index < -0.39 is 0 Å². The van der Waals surface area contributed by atoms with Crippen molar-refractivity contribution in [1.29, 1.82) is 0 Å². The van der Waals surface area contributed by atoms with Crippen LogP contribution in [0.5, 0.6) is 0 Å². The molecule has 1 saturated heterocycles. The van der Waals surface area contributed by atoms with Gasteiger partial charge in [-0.05, 0) is 56.0 Å². The Bertz CT molecular complexity index is 969. The fourth-order valence-corrected chi connectivity index (χ4v) is 4.86. The molecule has 2 amide bonds. The number of hydrogen-bond acceptors (Lipinski definition) is 4. The Morgan fingerprint density at radius 1 is 0.969 bits per heavy atom. The van der Waals surface area contributed by atoms with E-state index in [1.165, 1.54) is 13.5 Å². The number of ether oxygens (including phenoxy) is 1. The van der Waals surface area contributed by atoms with Gasteiger partial charge in [0.05, 0.1) is 7.11 Å². The van der Waals surface area contributed by atoms with Crippen LogP contribution in [-0.2, 0) is 9.53 Å². The molecule has 0 bridgehead atoms. The highest BCUT2D eigenvalue weighted by Gasteiger charge is 2.27. The molecule has 2 aliphatic rings. The third-order valence-electron chi connectivity index (χ3n) is 6.67. The summed E-state index contributed by atoms with van der Waals surface area (Å²) in [5.41, 5.74) is 1.80. The Balaban J connectivity index is 1.36. The number of nitrogens with zero attached hydrogens (tertiary/aromatic N) is 2. The average Bonchev–Trinajstić information content (AvgIpc) is 3.34. The van der Waals surface area contributed by atoms with Gasteiger partial charge in [0.2, 0.25) is 5.91 Å². The van der Waals surface area contributed by atoms with E-state index in [1.807, 2.05) is 33.9 Å². The zero-order chi connectivity index (χ0) is 22.5. The molecule has 1 aromatic heterocycles. The van der Waals surface area contributed by atoms with Crippen molar-refractivity contribution < 1.29 is 19.1 Å². The van der Waals surface area contributed by atoms with Gasteiger partial charge >= 0.3 is 5.97 Å². The zero-order valence-electron chi connectivity index (χ0n) is 18.6. The van der Waals surface area contributed by atoms with Crippen LogP contribution in [0.25, 0.3) is 0 Å². The van der Waals surface area contributed by atoms with Crippen LogP contribution in [0.1, 0.15) is 71.8 Å². The molecule has 1 saturated carbocycles. The topological polar surface area (TPSA) is 80.6 Å². The number of nitrogens with one attached hydrogen (secondary N) is 1. The normalized spacial score (nSPS) is 17.7. The van der Waals surface area contributed by atoms with Crippen molar-refractivity contribution in [3.8, 4) is 0 Å². The molecule has 4 rings (SSSR count). The first kappa shape index (κ1) is 22.1. The van der Waals surface area contributed by atoms with E-state index in [9.17, 15) is 14.4 Å². The SMILES string of the molecule is COC(=O)c1cccn1C1CCN(C(=O)c2cccc(NC(=O)C3CCCCC3)c2)CC1. The number of amides is 2. The summed E-state index contributed by atoms with van der Waals surface area (Å²) in [7, 11) is 1.38. The van der Waals surface area contributed by atoms with Gasteiger partial charge in [-0.2, -0.15) is 0 Å². The summed E-state index contributed by atoms with van der Waals surface area (Å²) < 4.78 is 6.82. The summed E-state index contributed by atoms with van der Waals surface area (Å²) in [6.07, 6.45) is 8.74. The molecule has 2 aromatic rings. The lowest BCUT2D eigenvalue weighted by Gasteiger charge is -2.33. The third kappa shape index (κ3) is 4.87. The number of carbonyl (C=O) groups excluding carboxylic acids is 3. The van der Waals surface area contributed by atoms with Crippen LogP contribution < -0.4 is 5.32 Å². The largest absolute Gasteiger partial charge is 0.464 e. The summed E-state index contributed by atoms with van der Waals surface area (Å²) in [6.45, 7) is 1.22. The van der Waals surface area contributed by atoms with E-state index in [4.69, 9.17) is 4.74 Å². The van der Waals surface area contributed by atoms with E-state index in [-0.39, 0.29) is 29.7 Å². The van der Waals surface area contributed by atoms with Crippen LogP contribution >= 0.6 is 0 Å². The number of benzene rings is 1. The van der Waals surface area contributed by atoms with Crippen molar-refractivity contribution in [1.82, 2.24) is 9.47 Å². The highest BCUT2D eigenvalue weighted by atomic mass is 16.5. The number of aromatic nitrogens is 1. The van der Waals surface area contributed by atoms with Crippen LogP contribution in [0.2, 0.25) is 0 Å². The maximum atomic E-state index is 13.1. The first-order chi connectivity index (χ1) is 15.6. The molecular weight excluding hydrogens is 406 g/mol. The minimum Gasteiger partial charge on any atom is -0.464 e. The first-order valence-corrected chi connectivity index (χ1v) is 11.5. The molecule has 1 N–H and O–H groups in total. The van der Waals surface area contributed by atoms with Crippen molar-refractivity contribution in [2.45, 2.75) is 51.0 Å². The molecule has 0 spiro atoms. The van der Waals surface area contributed by atoms with Crippen molar-refractivity contribution in [2.75, 3.05) is 25.5 Å². The van der Waals surface area contributed by atoms with Gasteiger partial charge in [-0.25, -0.2) is 4.79 Å². The molecular formula is C25H31N3O4. The molecule has 1 aliphatic carbocycles. The fourth-order valence-electron chi connectivity index (χ4n) is 4.86. The molecule has 2 fully saturated rings. The first-order valence-electron chi connectivity index (χ1n) is 11.5. The molecule has 0 radical (unpaired) electrons. The van der Waals surface area contributed by atoms with Gasteiger partial charge in [0.15, 0.2) is 0 Å². The van der Waals surface area contributed by atoms with Gasteiger partial charge in [0, 0.05) is 42.5 Å². The molecule has 1 aromatic carbocycles. The van der Waals surface area contributed by atoms with Gasteiger partial charge in [0.25, 0.3) is 5.91 Å². The number of hydrogen-bond donors (Lipinski definition) is 1. The van der Waals surface area contributed by atoms with Gasteiger partial charge in [-0.15, -0.1) is 0 Å². The maximum absolute atomic E-state index is 13.1. The lowest BCUT2D eigenvalue weighted by Crippen LogP contribution is -2.39. The lowest BCUT2D eigenvalue weighted by atomic mass is 9.88. The summed E-state index contributed by atoms with van der Waals surface area (Å²) in [5, 5.41) is 3.00. The second kappa shape index (κ2) is 10.0. The Labute approximate surface area is 188 Å². The molecule has 2 heterocycles. The number of anilines is 1. The molecule has 1 aliphatic heterocycles. The van der Waals surface area contributed by atoms with Crippen molar-refractivity contribution >= 4 is 23.5 Å². The monoisotopic (exact) mass is 437 g/mol. The van der Waals surface area contributed by atoms with Crippen molar-refractivity contribution in [3.05, 3.63) is 53.9 Å². The predicted molar refractivity (Wildman–Crippen MR) is 122 cm³/mol. The Morgan fingerprint density at radius 2 is 1.72 bits per heavy atom. The standard InChI is InChI=1S/C25H31N3O4/c1-32-25(31)22-11-6-14-28(22)21-12-15-27(16-13-21)24(30)19-9-5-10-20(17-19)26-23(29)18-7-3-2-4-8-18/h5-6,9-11,14,17-18,21H,2-4,7-8,12-13,15-16H2,1H3,(H,26,29). The van der Waals surface area contributed by atoms with Crippen LogP contribution in [0.3, 0.4) is 0 Å². The number of methoxy groups -OCH3 is 1. The molecule has 0 atom stereocenters. The maximum Gasteiger partial charge on any atom is 0.354 e. The van der Waals surface area contributed by atoms with Crippen LogP contribution in [0, 0.1) is 5.92 Å². The highest BCUT2D eigenvalue weighted by Crippen LogP contribution is 2.27. The highest BCUT2D eigenvalue weighted by molar-refractivity contribution is 5.97. The second-order valence-corrected chi connectivity index (χ2v) is 8.72. The van der Waals surface area contributed by atoms with Crippen molar-refractivity contribution in [2.24, 2.45) is 5.92 Å². The molecule has 7 nitrogen and oxygen atoms in total. The van der Waals surface area contributed by atoms with E-state index in [0.717, 1.165) is 38.5 Å². The summed E-state index contributed by atoms with van der Waals surface area (Å²) in [6, 6.07) is 11.0. The van der Waals surface area contributed by atoms with E-state index in [2.05, 4.69) is 5.32 Å². The van der Waals surface area contributed by atoms with Gasteiger partial charge < -0.3 is 19.5 Å². The lowest BCUT2D eigenvalue weighted by molar-refractivity contribution is -0.120. The summed E-state index contributed by atoms with van der Waals surface area (Å²) in [5.74, 6) is -0.243. The van der Waals surface area contributed by atoms with Crippen LogP contribution in [0.15, 0.2) is 42.6 Å². The molecule has 170 valence electrons. The number of likely N-dealkylation sites (tertiary alicyclic amines) is 1. The summed E-state index contributed by atoms with van der Waals surface area (Å²) in [4.78, 5) is 39.5. The summed E-state index contributed by atoms with van der Waals surface area (Å²) >= 11 is 0. The number of esters is 1. The van der Waals surface area contributed by atoms with Gasteiger partial charge in [-0.1, -0.05) is 25.3 Å². The number of carbonyl (C=O) groups is 3. The second-order valence-electron chi connectivity index (χ2n) is 8.72. The van der Waals surface area contributed by atoms with Gasteiger partial charge in [-0.3, -0.25) is 9.59 Å². The molecule has 7 heteroatoms. The van der Waals surface area contributed by atoms with E-state index >= 15 is 0 Å². The number of piperidine rings is 1.